The van der Waals surface area contributed by atoms with Crippen LogP contribution in [0.15, 0.2) is 30.3 Å². The number of amides is 1. The van der Waals surface area contributed by atoms with Gasteiger partial charge in [-0.25, -0.2) is 0 Å². The highest BCUT2D eigenvalue weighted by molar-refractivity contribution is 7.86. The number of carbonyl (C=O) groups is 1. The van der Waals surface area contributed by atoms with Crippen molar-refractivity contribution < 1.29 is 26.9 Å². The zero-order chi connectivity index (χ0) is 21.2. The van der Waals surface area contributed by atoms with Crippen molar-refractivity contribution in [3.63, 3.8) is 0 Å². The summed E-state index contributed by atoms with van der Waals surface area (Å²) in [6, 6.07) is 8.04. The molecule has 2 aliphatic rings. The van der Waals surface area contributed by atoms with Crippen molar-refractivity contribution in [2.24, 2.45) is 11.3 Å². The number of hydrogen-bond acceptors (Lipinski definition) is 6. The van der Waals surface area contributed by atoms with Crippen LogP contribution >= 0.6 is 0 Å². The van der Waals surface area contributed by atoms with Crippen LogP contribution in [0.5, 0.6) is 0 Å². The molecule has 1 heterocycles. The first-order valence-electron chi connectivity index (χ1n) is 10.1. The van der Waals surface area contributed by atoms with E-state index in [0.717, 1.165) is 25.5 Å². The van der Waals surface area contributed by atoms with Crippen molar-refractivity contribution >= 4 is 16.0 Å². The van der Waals surface area contributed by atoms with Crippen molar-refractivity contribution in [3.05, 3.63) is 35.9 Å². The standard InChI is InChI=1S/C21H31NO6S/c1-5-26-20-16(22-19(23)14-9-7-6-8-10-14)18(28-29(4,24)25)17(27-20)15-11-12-21(2,3)13-15/h6-10,15-18,20H,5,11-13H2,1-4H3,(H,22,23)/t15-,16-,17+,18-,20-/m0/s1. The summed E-state index contributed by atoms with van der Waals surface area (Å²) in [5.41, 5.74) is 0.641. The van der Waals surface area contributed by atoms with Crippen molar-refractivity contribution in [2.45, 2.75) is 64.6 Å². The third-order valence-corrected chi connectivity index (χ3v) is 6.26. The molecule has 1 aromatic carbocycles. The molecule has 1 aliphatic heterocycles. The summed E-state index contributed by atoms with van der Waals surface area (Å²) in [6.45, 7) is 6.60. The Kier molecular flexibility index (Phi) is 6.67. The summed E-state index contributed by atoms with van der Waals surface area (Å²) < 4.78 is 41.4. The van der Waals surface area contributed by atoms with Crippen LogP contribution in [-0.2, 0) is 23.8 Å². The summed E-state index contributed by atoms with van der Waals surface area (Å²) in [6.07, 6.45) is 1.79. The largest absolute Gasteiger partial charge is 0.351 e. The lowest BCUT2D eigenvalue weighted by molar-refractivity contribution is -0.148. The maximum Gasteiger partial charge on any atom is 0.264 e. The van der Waals surface area contributed by atoms with Gasteiger partial charge in [-0.15, -0.1) is 0 Å². The maximum atomic E-state index is 12.8. The average Bonchev–Trinajstić information content (AvgIpc) is 3.15. The summed E-state index contributed by atoms with van der Waals surface area (Å²) in [5.74, 6) is -0.184. The van der Waals surface area contributed by atoms with Crippen molar-refractivity contribution in [2.75, 3.05) is 12.9 Å². The van der Waals surface area contributed by atoms with Gasteiger partial charge < -0.3 is 14.8 Å². The first-order valence-corrected chi connectivity index (χ1v) is 11.9. The fraction of sp³-hybridized carbons (Fsp3) is 0.667. The Morgan fingerprint density at radius 1 is 1.28 bits per heavy atom. The van der Waals surface area contributed by atoms with Gasteiger partial charge in [0.2, 0.25) is 0 Å². The first-order chi connectivity index (χ1) is 13.6. The molecule has 8 heteroatoms. The molecule has 29 heavy (non-hydrogen) atoms. The van der Waals surface area contributed by atoms with Crippen molar-refractivity contribution in [3.8, 4) is 0 Å². The number of benzene rings is 1. The van der Waals surface area contributed by atoms with Gasteiger partial charge in [0, 0.05) is 12.2 Å². The van der Waals surface area contributed by atoms with Crippen molar-refractivity contribution in [1.82, 2.24) is 5.32 Å². The minimum Gasteiger partial charge on any atom is -0.351 e. The molecule has 1 aromatic rings. The fourth-order valence-electron chi connectivity index (χ4n) is 4.42. The molecule has 0 spiro atoms. The Bertz CT molecular complexity index is 810. The van der Waals surface area contributed by atoms with Crippen LogP contribution in [0.4, 0.5) is 0 Å². The Labute approximate surface area is 173 Å². The van der Waals surface area contributed by atoms with Gasteiger partial charge in [-0.05, 0) is 49.7 Å². The Hall–Kier alpha value is -1.48. The molecule has 3 rings (SSSR count). The van der Waals surface area contributed by atoms with Crippen LogP contribution in [0.25, 0.3) is 0 Å². The predicted octanol–water partition coefficient (Wildman–Crippen LogP) is 2.72. The smallest absolute Gasteiger partial charge is 0.264 e. The molecule has 1 amide bonds. The Morgan fingerprint density at radius 2 is 1.97 bits per heavy atom. The van der Waals surface area contributed by atoms with Crippen molar-refractivity contribution in [1.29, 1.82) is 0 Å². The molecule has 0 bridgehead atoms. The zero-order valence-electron chi connectivity index (χ0n) is 17.5. The number of rotatable bonds is 7. The number of hydrogen-bond donors (Lipinski definition) is 1. The van der Waals surface area contributed by atoms with Gasteiger partial charge in [-0.1, -0.05) is 32.0 Å². The molecular formula is C21H31NO6S. The Balaban J connectivity index is 1.87. The minimum atomic E-state index is -3.76. The van der Waals surface area contributed by atoms with E-state index in [9.17, 15) is 13.2 Å². The lowest BCUT2D eigenvalue weighted by Gasteiger charge is -2.27. The molecule has 162 valence electrons. The van der Waals surface area contributed by atoms with Crippen LogP contribution in [0.3, 0.4) is 0 Å². The van der Waals surface area contributed by atoms with E-state index in [4.69, 9.17) is 13.7 Å². The molecule has 1 saturated heterocycles. The van der Waals surface area contributed by atoms with Crippen LogP contribution in [0.2, 0.25) is 0 Å². The zero-order valence-corrected chi connectivity index (χ0v) is 18.3. The highest BCUT2D eigenvalue weighted by Crippen LogP contribution is 2.46. The topological polar surface area (TPSA) is 90.9 Å². The number of nitrogens with one attached hydrogen (secondary N) is 1. The molecule has 1 saturated carbocycles. The SMILES string of the molecule is CCO[C@H]1O[C@H]([C@H]2CCC(C)(C)C2)[C@@H](OS(C)(=O)=O)[C@@H]1NC(=O)c1ccccc1. The van der Waals surface area contributed by atoms with E-state index in [1.165, 1.54) is 0 Å². The van der Waals surface area contributed by atoms with Crippen LogP contribution in [0, 0.1) is 11.3 Å². The van der Waals surface area contributed by atoms with E-state index < -0.39 is 34.7 Å². The predicted molar refractivity (Wildman–Crippen MR) is 109 cm³/mol. The molecule has 1 N–H and O–H groups in total. The van der Waals surface area contributed by atoms with E-state index in [2.05, 4.69) is 19.2 Å². The first kappa shape index (κ1) is 22.2. The molecule has 0 radical (unpaired) electrons. The van der Waals surface area contributed by atoms with Crippen LogP contribution < -0.4 is 5.32 Å². The number of ether oxygens (including phenoxy) is 2. The highest BCUT2D eigenvalue weighted by Gasteiger charge is 2.53. The quantitative estimate of drug-likeness (QED) is 0.676. The Morgan fingerprint density at radius 3 is 2.52 bits per heavy atom. The maximum absolute atomic E-state index is 12.8. The van der Waals surface area contributed by atoms with Gasteiger partial charge in [0.1, 0.15) is 12.1 Å². The fourth-order valence-corrected chi connectivity index (χ4v) is 5.06. The third kappa shape index (κ3) is 5.57. The second-order valence-corrected chi connectivity index (χ2v) is 10.3. The average molecular weight is 426 g/mol. The lowest BCUT2D eigenvalue weighted by Crippen LogP contribution is -2.50. The summed E-state index contributed by atoms with van der Waals surface area (Å²) >= 11 is 0. The molecule has 0 aromatic heterocycles. The lowest BCUT2D eigenvalue weighted by atomic mass is 9.87. The highest BCUT2D eigenvalue weighted by atomic mass is 32.2. The molecule has 2 fully saturated rings. The van der Waals surface area contributed by atoms with Gasteiger partial charge in [-0.3, -0.25) is 8.98 Å². The van der Waals surface area contributed by atoms with Gasteiger partial charge in [0.25, 0.3) is 16.0 Å². The van der Waals surface area contributed by atoms with Crippen LogP contribution in [0.1, 0.15) is 50.4 Å². The van der Waals surface area contributed by atoms with E-state index in [1.54, 1.807) is 24.3 Å². The molecule has 0 unspecified atom stereocenters. The van der Waals surface area contributed by atoms with E-state index in [1.807, 2.05) is 13.0 Å². The second-order valence-electron chi connectivity index (χ2n) is 8.72. The monoisotopic (exact) mass is 425 g/mol. The van der Waals surface area contributed by atoms with Gasteiger partial charge in [-0.2, -0.15) is 8.42 Å². The molecular weight excluding hydrogens is 394 g/mol. The minimum absolute atomic E-state index is 0.137. The molecule has 7 nitrogen and oxygen atoms in total. The number of carbonyl (C=O) groups excluding carboxylic acids is 1. The summed E-state index contributed by atoms with van der Waals surface area (Å²) in [7, 11) is -3.76. The summed E-state index contributed by atoms with van der Waals surface area (Å²) in [5, 5.41) is 2.90. The summed E-state index contributed by atoms with van der Waals surface area (Å²) in [4.78, 5) is 12.8. The van der Waals surface area contributed by atoms with Gasteiger partial charge >= 0.3 is 0 Å². The second kappa shape index (κ2) is 8.71. The van der Waals surface area contributed by atoms with E-state index in [0.29, 0.717) is 12.2 Å². The van der Waals surface area contributed by atoms with Gasteiger partial charge in [0.15, 0.2) is 6.29 Å². The molecule has 1 aliphatic carbocycles. The normalized spacial score (nSPS) is 31.7. The third-order valence-electron chi connectivity index (χ3n) is 5.68. The molecule has 5 atom stereocenters. The van der Waals surface area contributed by atoms with E-state index in [-0.39, 0.29) is 17.2 Å². The van der Waals surface area contributed by atoms with Crippen LogP contribution in [-0.4, -0.2) is 51.7 Å². The van der Waals surface area contributed by atoms with Gasteiger partial charge in [0.05, 0.1) is 12.4 Å². The van der Waals surface area contributed by atoms with E-state index >= 15 is 0 Å².